The Balaban J connectivity index is 2.68. The van der Waals surface area contributed by atoms with Crippen molar-refractivity contribution in [1.82, 2.24) is 0 Å². The number of benzene rings is 1. The molecule has 1 aromatic rings. The molecule has 1 amide bonds. The lowest BCUT2D eigenvalue weighted by molar-refractivity contribution is -0.113. The van der Waals surface area contributed by atoms with E-state index in [1.165, 1.54) is 0 Å². The molecule has 0 saturated heterocycles. The summed E-state index contributed by atoms with van der Waals surface area (Å²) in [5.41, 5.74) is 1.64. The van der Waals surface area contributed by atoms with Crippen molar-refractivity contribution in [2.24, 2.45) is 0 Å². The quantitative estimate of drug-likeness (QED) is 0.657. The van der Waals surface area contributed by atoms with Gasteiger partial charge in [0.2, 0.25) is 5.91 Å². The van der Waals surface area contributed by atoms with E-state index >= 15 is 0 Å². The number of hydrogen-bond donors (Lipinski definition) is 1. The lowest BCUT2D eigenvalue weighted by Crippen LogP contribution is -2.12. The van der Waals surface area contributed by atoms with Gasteiger partial charge in [0.25, 0.3) is 0 Å². The van der Waals surface area contributed by atoms with Gasteiger partial charge in [-0.05, 0) is 24.3 Å². The maximum Gasteiger partial charge on any atom is 0.239 e. The number of carbonyl (C=O) groups excluding carboxylic acids is 1. The van der Waals surface area contributed by atoms with Crippen LogP contribution in [0.15, 0.2) is 24.3 Å². The molecule has 0 bridgehead atoms. The predicted octanol–water partition coefficient (Wildman–Crippen LogP) is 2.61. The Morgan fingerprint density at radius 1 is 1.40 bits per heavy atom. The highest BCUT2D eigenvalue weighted by Gasteiger charge is 1.98. The van der Waals surface area contributed by atoms with Gasteiger partial charge in [-0.15, -0.1) is 11.6 Å². The normalized spacial score (nSPS) is 8.93. The van der Waals surface area contributed by atoms with E-state index in [4.69, 9.17) is 11.6 Å². The van der Waals surface area contributed by atoms with Crippen LogP contribution < -0.4 is 5.32 Å². The Hall–Kier alpha value is -0.980. The van der Waals surface area contributed by atoms with Gasteiger partial charge >= 0.3 is 0 Å². The summed E-state index contributed by atoms with van der Waals surface area (Å²) in [4.78, 5) is 11.0. The fraction of sp³-hybridized carbons (Fsp3) is 0.182. The van der Waals surface area contributed by atoms with Crippen LogP contribution in [-0.2, 0) is 4.79 Å². The average molecular weight is 287 g/mol. The zero-order chi connectivity index (χ0) is 11.1. The van der Waals surface area contributed by atoms with E-state index in [0.717, 1.165) is 11.3 Å². The van der Waals surface area contributed by atoms with Crippen LogP contribution in [0.4, 0.5) is 5.69 Å². The summed E-state index contributed by atoms with van der Waals surface area (Å²) >= 11 is 8.58. The Bertz CT molecular complexity index is 391. The first-order chi connectivity index (χ1) is 7.26. The van der Waals surface area contributed by atoms with Crippen LogP contribution in [0.5, 0.6) is 0 Å². The zero-order valence-electron chi connectivity index (χ0n) is 7.89. The second kappa shape index (κ2) is 6.49. The molecule has 1 rings (SSSR count). The second-order valence-corrected chi connectivity index (χ2v) is 3.52. The molecule has 0 aliphatic rings. The average Bonchev–Trinajstić information content (AvgIpc) is 2.28. The third kappa shape index (κ3) is 4.37. The van der Waals surface area contributed by atoms with Gasteiger partial charge in [-0.2, -0.15) is 0 Å². The molecular weight excluding hydrogens is 277 g/mol. The molecule has 0 saturated carbocycles. The molecule has 0 spiro atoms. The summed E-state index contributed by atoms with van der Waals surface area (Å²) in [7, 11) is 0. The van der Waals surface area contributed by atoms with Crippen LogP contribution in [0, 0.1) is 11.8 Å². The van der Waals surface area contributed by atoms with Crippen molar-refractivity contribution in [3.63, 3.8) is 0 Å². The summed E-state index contributed by atoms with van der Waals surface area (Å²) in [5, 5.41) is 3.30. The predicted molar refractivity (Wildman–Crippen MR) is 66.5 cm³/mol. The van der Waals surface area contributed by atoms with Crippen LogP contribution in [0.25, 0.3) is 0 Å². The summed E-state index contributed by atoms with van der Waals surface area (Å²) in [6.07, 6.45) is 0. The Kier molecular flexibility index (Phi) is 5.23. The fourth-order valence-electron chi connectivity index (χ4n) is 0.967. The zero-order valence-corrected chi connectivity index (χ0v) is 10.2. The highest BCUT2D eigenvalue weighted by Crippen LogP contribution is 2.08. The molecular formula is C11H9BrClNO. The Labute approximate surface area is 102 Å². The summed E-state index contributed by atoms with van der Waals surface area (Å²) < 4.78 is 0. The van der Waals surface area contributed by atoms with Crippen molar-refractivity contribution in [1.29, 1.82) is 0 Å². The number of anilines is 1. The van der Waals surface area contributed by atoms with Crippen molar-refractivity contribution >= 4 is 39.1 Å². The lowest BCUT2D eigenvalue weighted by atomic mass is 10.2. The third-order valence-corrected chi connectivity index (χ3v) is 2.11. The maximum atomic E-state index is 11.0. The van der Waals surface area contributed by atoms with Crippen molar-refractivity contribution in [2.45, 2.75) is 0 Å². The van der Waals surface area contributed by atoms with Gasteiger partial charge in [-0.3, -0.25) is 4.79 Å². The summed E-state index contributed by atoms with van der Waals surface area (Å²) in [5.74, 6) is 5.60. The molecule has 0 radical (unpaired) electrons. The number of hydrogen-bond acceptors (Lipinski definition) is 1. The largest absolute Gasteiger partial charge is 0.325 e. The molecule has 1 N–H and O–H groups in total. The first kappa shape index (κ1) is 12.1. The molecule has 2 nitrogen and oxygen atoms in total. The minimum Gasteiger partial charge on any atom is -0.325 e. The molecule has 0 unspecified atom stereocenters. The molecule has 1 aromatic carbocycles. The Morgan fingerprint density at radius 2 is 2.07 bits per heavy atom. The van der Waals surface area contributed by atoms with Crippen LogP contribution in [0.2, 0.25) is 0 Å². The molecule has 78 valence electrons. The van der Waals surface area contributed by atoms with Gasteiger partial charge < -0.3 is 5.32 Å². The highest BCUT2D eigenvalue weighted by molar-refractivity contribution is 9.09. The smallest absolute Gasteiger partial charge is 0.239 e. The number of carbonyl (C=O) groups is 1. The molecule has 4 heteroatoms. The second-order valence-electron chi connectivity index (χ2n) is 2.69. The van der Waals surface area contributed by atoms with Crippen molar-refractivity contribution < 1.29 is 4.79 Å². The van der Waals surface area contributed by atoms with Crippen LogP contribution in [-0.4, -0.2) is 17.1 Å². The number of alkyl halides is 2. The minimum atomic E-state index is -0.212. The molecule has 15 heavy (non-hydrogen) atoms. The topological polar surface area (TPSA) is 29.1 Å². The van der Waals surface area contributed by atoms with Gasteiger partial charge in [0.05, 0.1) is 5.33 Å². The standard InChI is InChI=1S/C11H9BrClNO/c12-7-1-2-9-3-5-10(6-4-9)14-11(15)8-13/h3-6H,7-8H2,(H,14,15). The first-order valence-electron chi connectivity index (χ1n) is 4.27. The summed E-state index contributed by atoms with van der Waals surface area (Å²) in [6.45, 7) is 0. The molecule has 0 aromatic heterocycles. The number of rotatable bonds is 2. The van der Waals surface area contributed by atoms with Crippen molar-refractivity contribution in [2.75, 3.05) is 16.5 Å². The Morgan fingerprint density at radius 3 is 2.60 bits per heavy atom. The number of amides is 1. The summed E-state index contributed by atoms with van der Waals surface area (Å²) in [6, 6.07) is 7.28. The van der Waals surface area contributed by atoms with E-state index in [1.54, 1.807) is 12.1 Å². The molecule has 0 atom stereocenters. The van der Waals surface area contributed by atoms with E-state index in [-0.39, 0.29) is 11.8 Å². The lowest BCUT2D eigenvalue weighted by Gasteiger charge is -2.01. The monoisotopic (exact) mass is 285 g/mol. The van der Waals surface area contributed by atoms with Crippen molar-refractivity contribution in [3.05, 3.63) is 29.8 Å². The molecule has 0 aliphatic carbocycles. The van der Waals surface area contributed by atoms with Gasteiger partial charge in [-0.1, -0.05) is 27.8 Å². The van der Waals surface area contributed by atoms with Crippen LogP contribution >= 0.6 is 27.5 Å². The number of halogens is 2. The number of nitrogens with one attached hydrogen (secondary N) is 1. The van der Waals surface area contributed by atoms with Gasteiger partial charge in [0, 0.05) is 11.3 Å². The van der Waals surface area contributed by atoms with Crippen LogP contribution in [0.3, 0.4) is 0 Å². The fourth-order valence-corrected chi connectivity index (χ4v) is 1.17. The highest BCUT2D eigenvalue weighted by atomic mass is 79.9. The minimum absolute atomic E-state index is 0.0366. The third-order valence-electron chi connectivity index (χ3n) is 1.59. The molecule has 0 aliphatic heterocycles. The van der Waals surface area contributed by atoms with Crippen molar-refractivity contribution in [3.8, 4) is 11.8 Å². The van der Waals surface area contributed by atoms with E-state index in [0.29, 0.717) is 5.33 Å². The van der Waals surface area contributed by atoms with Crippen LogP contribution in [0.1, 0.15) is 5.56 Å². The molecule has 0 heterocycles. The molecule has 0 fully saturated rings. The van der Waals surface area contributed by atoms with Gasteiger partial charge in [0.15, 0.2) is 0 Å². The van der Waals surface area contributed by atoms with Gasteiger partial charge in [0.1, 0.15) is 5.88 Å². The van der Waals surface area contributed by atoms with Gasteiger partial charge in [-0.25, -0.2) is 0 Å². The van der Waals surface area contributed by atoms with E-state index in [2.05, 4.69) is 33.1 Å². The van der Waals surface area contributed by atoms with E-state index in [1.807, 2.05) is 12.1 Å². The van der Waals surface area contributed by atoms with E-state index in [9.17, 15) is 4.79 Å². The SMILES string of the molecule is O=C(CCl)Nc1ccc(C#CCBr)cc1. The first-order valence-corrected chi connectivity index (χ1v) is 5.92. The maximum absolute atomic E-state index is 11.0. The van der Waals surface area contributed by atoms with E-state index < -0.39 is 0 Å².